The summed E-state index contributed by atoms with van der Waals surface area (Å²) in [6, 6.07) is 5.33. The summed E-state index contributed by atoms with van der Waals surface area (Å²) in [4.78, 5) is 39.0. The van der Waals surface area contributed by atoms with E-state index in [9.17, 15) is 9.59 Å². The lowest BCUT2D eigenvalue weighted by Gasteiger charge is -2.25. The normalized spacial score (nSPS) is 19.8. The van der Waals surface area contributed by atoms with Gasteiger partial charge in [0, 0.05) is 23.9 Å². The molecule has 0 saturated heterocycles. The Bertz CT molecular complexity index is 1340. The van der Waals surface area contributed by atoms with Crippen LogP contribution in [0.1, 0.15) is 45.8 Å². The van der Waals surface area contributed by atoms with Crippen LogP contribution in [0.2, 0.25) is 5.02 Å². The highest BCUT2D eigenvalue weighted by Crippen LogP contribution is 2.42. The number of hydrogen-bond acceptors (Lipinski definition) is 4. The molecule has 5 rings (SSSR count). The van der Waals surface area contributed by atoms with Crippen molar-refractivity contribution in [1.29, 1.82) is 0 Å². The van der Waals surface area contributed by atoms with Gasteiger partial charge in [0.2, 0.25) is 0 Å². The van der Waals surface area contributed by atoms with Crippen LogP contribution in [0.5, 0.6) is 0 Å². The van der Waals surface area contributed by atoms with Crippen LogP contribution in [0.25, 0.3) is 22.9 Å². The Morgan fingerprint density at radius 1 is 1.15 bits per heavy atom. The van der Waals surface area contributed by atoms with Crippen molar-refractivity contribution in [3.63, 3.8) is 0 Å². The van der Waals surface area contributed by atoms with E-state index in [0.29, 0.717) is 46.3 Å². The van der Waals surface area contributed by atoms with E-state index in [4.69, 9.17) is 16.3 Å². The zero-order chi connectivity index (χ0) is 23.4. The Hall–Kier alpha value is -3.36. The first kappa shape index (κ1) is 21.5. The number of ether oxygens (including phenoxy) is 1. The highest BCUT2D eigenvalue weighted by atomic mass is 35.5. The number of carbonyl (C=O) groups is 2. The number of imidazole rings is 1. The molecular weight excluding hydrogens is 442 g/mol. The molecule has 8 nitrogen and oxygen atoms in total. The Labute approximate surface area is 196 Å². The number of benzene rings is 1. The van der Waals surface area contributed by atoms with E-state index in [0.717, 1.165) is 28.5 Å². The topological polar surface area (TPSA) is 103 Å². The summed E-state index contributed by atoms with van der Waals surface area (Å²) in [7, 11) is 1.75. The Balaban J connectivity index is 1.75. The van der Waals surface area contributed by atoms with E-state index in [1.165, 1.54) is 0 Å². The lowest BCUT2D eigenvalue weighted by molar-refractivity contribution is -0.110. The van der Waals surface area contributed by atoms with Crippen LogP contribution in [0.4, 0.5) is 5.69 Å². The van der Waals surface area contributed by atoms with Crippen LogP contribution in [0.15, 0.2) is 18.2 Å². The third kappa shape index (κ3) is 3.65. The fourth-order valence-electron chi connectivity index (χ4n) is 4.29. The van der Waals surface area contributed by atoms with Crippen molar-refractivity contribution in [3.05, 3.63) is 57.3 Å². The first-order valence-electron chi connectivity index (χ1n) is 10.7. The third-order valence-corrected chi connectivity index (χ3v) is 6.42. The second-order valence-corrected chi connectivity index (χ2v) is 9.01. The van der Waals surface area contributed by atoms with Gasteiger partial charge in [-0.25, -0.2) is 4.98 Å². The average molecular weight is 466 g/mol. The van der Waals surface area contributed by atoms with Gasteiger partial charge in [0.15, 0.2) is 0 Å². The molecule has 2 bridgehead atoms. The maximum atomic E-state index is 13.3. The highest BCUT2D eigenvalue weighted by molar-refractivity contribution is 6.41. The number of hydrogen-bond donors (Lipinski definition) is 3. The summed E-state index contributed by atoms with van der Waals surface area (Å²) >= 11 is 6.58. The van der Waals surface area contributed by atoms with E-state index >= 15 is 0 Å². The number of nitrogens with zero attached hydrogens (tertiary/aromatic N) is 2. The lowest BCUT2D eigenvalue weighted by Crippen LogP contribution is -2.38. The number of aromatic nitrogens is 3. The lowest BCUT2D eigenvalue weighted by atomic mass is 10.00. The molecule has 170 valence electrons. The monoisotopic (exact) mass is 465 g/mol. The largest absolute Gasteiger partial charge is 0.373 e. The average Bonchev–Trinajstić information content (AvgIpc) is 3.42. The molecule has 3 N–H and O–H groups in total. The molecule has 0 radical (unpaired) electrons. The molecule has 33 heavy (non-hydrogen) atoms. The molecule has 4 heterocycles. The Kier molecular flexibility index (Phi) is 5.14. The number of likely N-dealkylation sites (N-methyl/N-ethyl adjacent to an activating group) is 1. The van der Waals surface area contributed by atoms with Crippen molar-refractivity contribution in [1.82, 2.24) is 19.9 Å². The number of rotatable bonds is 0. The minimum Gasteiger partial charge on any atom is -0.373 e. The number of amides is 2. The van der Waals surface area contributed by atoms with Crippen molar-refractivity contribution in [2.45, 2.75) is 33.4 Å². The highest BCUT2D eigenvalue weighted by Gasteiger charge is 2.30. The Morgan fingerprint density at radius 2 is 1.94 bits per heavy atom. The number of aryl methyl sites for hydroxylation is 2. The van der Waals surface area contributed by atoms with E-state index in [1.54, 1.807) is 30.2 Å². The minimum absolute atomic E-state index is 0.152. The molecule has 2 aliphatic rings. The van der Waals surface area contributed by atoms with E-state index in [-0.39, 0.29) is 17.9 Å². The number of fused-ring (bicyclic) bond motifs is 4. The summed E-state index contributed by atoms with van der Waals surface area (Å²) in [6.07, 6.45) is 1.72. The van der Waals surface area contributed by atoms with Crippen LogP contribution < -0.4 is 5.32 Å². The molecule has 1 atom stereocenters. The first-order chi connectivity index (χ1) is 15.7. The van der Waals surface area contributed by atoms with Gasteiger partial charge in [-0.05, 0) is 45.0 Å². The number of H-pyrrole nitrogens is 2. The summed E-state index contributed by atoms with van der Waals surface area (Å²) in [5.41, 5.74) is 5.85. The zero-order valence-electron chi connectivity index (χ0n) is 18.8. The number of anilines is 1. The van der Waals surface area contributed by atoms with Gasteiger partial charge in [0.1, 0.15) is 5.82 Å². The number of halogens is 1. The molecule has 0 unspecified atom stereocenters. The SMILES string of the molecule is Cc1cc2c([nH]1)/C=C1/C(=O)Nc3c(Cl)cc(cc31)-c1nc(C)[nH]c1COC[C@@H](C)N(C)C2=O. The molecule has 2 amide bonds. The van der Waals surface area contributed by atoms with Crippen LogP contribution in [0.3, 0.4) is 0 Å². The van der Waals surface area contributed by atoms with Crippen molar-refractivity contribution in [3.8, 4) is 11.3 Å². The van der Waals surface area contributed by atoms with Crippen molar-refractivity contribution in [2.24, 2.45) is 0 Å². The van der Waals surface area contributed by atoms with Crippen molar-refractivity contribution >= 4 is 40.8 Å². The number of aromatic amines is 2. The van der Waals surface area contributed by atoms with Crippen molar-refractivity contribution < 1.29 is 14.3 Å². The molecule has 3 aromatic rings. The van der Waals surface area contributed by atoms with Gasteiger partial charge >= 0.3 is 0 Å². The second kappa shape index (κ2) is 7.90. The van der Waals surface area contributed by atoms with Crippen molar-refractivity contribution in [2.75, 3.05) is 19.0 Å². The molecule has 0 spiro atoms. The third-order valence-electron chi connectivity index (χ3n) is 6.12. The van der Waals surface area contributed by atoms with Gasteiger partial charge in [0.25, 0.3) is 11.8 Å². The van der Waals surface area contributed by atoms with Gasteiger partial charge in [-0.3, -0.25) is 9.59 Å². The fourth-order valence-corrected chi connectivity index (χ4v) is 4.56. The molecule has 0 aliphatic carbocycles. The molecule has 2 aromatic heterocycles. The van der Waals surface area contributed by atoms with Gasteiger partial charge < -0.3 is 24.9 Å². The van der Waals surface area contributed by atoms with E-state index in [2.05, 4.69) is 20.3 Å². The van der Waals surface area contributed by atoms with Gasteiger partial charge in [-0.1, -0.05) is 11.6 Å². The standard InChI is InChI=1S/C24H24ClN5O3/c1-11-5-17-19(26-11)8-16-15-6-14(7-18(25)22(15)29-23(16)31)21-20(27-13(3)28-21)10-33-9-12(2)30(4)24(17)32/h5-8,12,26H,9-10H2,1-4H3,(H,27,28)(H,29,31)/b16-8+/t12-/m1/s1. The van der Waals surface area contributed by atoms with Crippen LogP contribution in [-0.4, -0.2) is 51.4 Å². The van der Waals surface area contributed by atoms with Gasteiger partial charge in [-0.15, -0.1) is 0 Å². The summed E-state index contributed by atoms with van der Waals surface area (Å²) in [5, 5.41) is 3.27. The zero-order valence-corrected chi connectivity index (χ0v) is 19.6. The molecule has 0 fully saturated rings. The van der Waals surface area contributed by atoms with Crippen LogP contribution >= 0.6 is 11.6 Å². The summed E-state index contributed by atoms with van der Waals surface area (Å²) < 4.78 is 5.96. The summed E-state index contributed by atoms with van der Waals surface area (Å²) in [6.45, 7) is 6.34. The maximum Gasteiger partial charge on any atom is 0.256 e. The maximum absolute atomic E-state index is 13.3. The first-order valence-corrected chi connectivity index (χ1v) is 11.1. The Morgan fingerprint density at radius 3 is 2.73 bits per heavy atom. The number of carbonyl (C=O) groups excluding carboxylic acids is 2. The molecule has 0 saturated carbocycles. The predicted octanol–water partition coefficient (Wildman–Crippen LogP) is 4.16. The molecular formula is C24H24ClN5O3. The second-order valence-electron chi connectivity index (χ2n) is 8.60. The van der Waals surface area contributed by atoms with E-state index < -0.39 is 0 Å². The van der Waals surface area contributed by atoms with Gasteiger partial charge in [-0.2, -0.15) is 0 Å². The van der Waals surface area contributed by atoms with Crippen LogP contribution in [0, 0.1) is 13.8 Å². The number of nitrogens with one attached hydrogen (secondary N) is 3. The molecule has 2 aliphatic heterocycles. The summed E-state index contributed by atoms with van der Waals surface area (Å²) in [5.74, 6) is 0.321. The van der Waals surface area contributed by atoms with Crippen LogP contribution in [-0.2, 0) is 16.1 Å². The van der Waals surface area contributed by atoms with Gasteiger partial charge in [0.05, 0.1) is 58.2 Å². The molecule has 1 aromatic carbocycles. The smallest absolute Gasteiger partial charge is 0.256 e. The quantitative estimate of drug-likeness (QED) is 0.463. The van der Waals surface area contributed by atoms with E-state index in [1.807, 2.05) is 26.8 Å². The minimum atomic E-state index is -0.275. The predicted molar refractivity (Wildman–Crippen MR) is 127 cm³/mol. The molecule has 9 heteroatoms. The fraction of sp³-hybridized carbons (Fsp3) is 0.292.